The molecule has 0 radical (unpaired) electrons. The molecule has 0 saturated heterocycles. The highest BCUT2D eigenvalue weighted by molar-refractivity contribution is 5.77. The molecule has 0 bridgehead atoms. The number of nitrogens with zero attached hydrogens (tertiary/aromatic N) is 2. The summed E-state index contributed by atoms with van der Waals surface area (Å²) < 4.78 is 0. The monoisotopic (exact) mass is 196 g/mol. The Morgan fingerprint density at radius 2 is 2.00 bits per heavy atom. The largest absolute Gasteiger partial charge is 0.369 e. The third kappa shape index (κ3) is 3.85. The van der Waals surface area contributed by atoms with E-state index in [-0.39, 0.29) is 11.3 Å². The highest BCUT2D eigenvalue weighted by Crippen LogP contribution is 1.99. The van der Waals surface area contributed by atoms with Crippen molar-refractivity contribution in [2.45, 2.75) is 6.54 Å². The van der Waals surface area contributed by atoms with Crippen LogP contribution in [-0.4, -0.2) is 21.7 Å². The molecule has 0 aliphatic heterocycles. The molecule has 0 fully saturated rings. The van der Waals surface area contributed by atoms with Gasteiger partial charge in [-0.15, -0.1) is 0 Å². The van der Waals surface area contributed by atoms with E-state index in [1.807, 2.05) is 35.8 Å². The fraction of sp³-hybridized carbons (Fsp3) is 0.125. The van der Waals surface area contributed by atoms with Crippen LogP contribution in [0.1, 0.15) is 5.56 Å². The summed E-state index contributed by atoms with van der Waals surface area (Å²) in [5.41, 5.74) is 8.27. The summed E-state index contributed by atoms with van der Waals surface area (Å²) in [4.78, 5) is 3.86. The molecular formula is C8H12N4O2. The zero-order valence-corrected chi connectivity index (χ0v) is 7.46. The molecule has 1 aromatic carbocycles. The fourth-order valence-corrected chi connectivity index (χ4v) is 0.898. The Balaban J connectivity index is 2.47. The lowest BCUT2D eigenvalue weighted by Gasteiger charge is -2.07. The normalized spacial score (nSPS) is 11.8. The second kappa shape index (κ2) is 5.18. The van der Waals surface area contributed by atoms with Gasteiger partial charge < -0.3 is 5.73 Å². The van der Waals surface area contributed by atoms with E-state index < -0.39 is 0 Å². The van der Waals surface area contributed by atoms with Gasteiger partial charge in [0, 0.05) is 5.34 Å². The van der Waals surface area contributed by atoms with Crippen LogP contribution in [0.4, 0.5) is 0 Å². The van der Waals surface area contributed by atoms with Crippen molar-refractivity contribution in [2.24, 2.45) is 10.7 Å². The van der Waals surface area contributed by atoms with Gasteiger partial charge in [0.25, 0.3) is 0 Å². The molecule has 1 rings (SSSR count). The van der Waals surface area contributed by atoms with E-state index in [1.165, 1.54) is 0 Å². The van der Waals surface area contributed by atoms with Gasteiger partial charge in [0.15, 0.2) is 0 Å². The number of benzene rings is 1. The zero-order chi connectivity index (χ0) is 10.4. The van der Waals surface area contributed by atoms with Crippen molar-refractivity contribution in [3.05, 3.63) is 35.9 Å². The third-order valence-corrected chi connectivity index (χ3v) is 1.49. The Morgan fingerprint density at radius 1 is 1.36 bits per heavy atom. The molecule has 0 amide bonds. The molecule has 1 aromatic rings. The summed E-state index contributed by atoms with van der Waals surface area (Å²) in [6.45, 7) is 0.382. The van der Waals surface area contributed by atoms with Crippen molar-refractivity contribution >= 4 is 5.96 Å². The van der Waals surface area contributed by atoms with Crippen molar-refractivity contribution in [1.29, 1.82) is 0 Å². The van der Waals surface area contributed by atoms with Crippen LogP contribution >= 0.6 is 0 Å². The standard InChI is InChI=1S/C8H12N4O2/c9-8(11-12(13)14)10-6-7-4-2-1-3-5-7/h1-5,13-14H,6H2,(H3,9,10,11). The lowest BCUT2D eigenvalue weighted by atomic mass is 10.2. The lowest BCUT2D eigenvalue weighted by Crippen LogP contribution is -2.42. The lowest BCUT2D eigenvalue weighted by molar-refractivity contribution is -0.329. The quantitative estimate of drug-likeness (QED) is 0.312. The Hall–Kier alpha value is -1.63. The topological polar surface area (TPSA) is 94.1 Å². The second-order valence-corrected chi connectivity index (χ2v) is 2.59. The number of nitrogens with one attached hydrogen (secondary N) is 1. The minimum atomic E-state index is -0.246. The van der Waals surface area contributed by atoms with E-state index in [9.17, 15) is 0 Å². The van der Waals surface area contributed by atoms with Gasteiger partial charge in [-0.2, -0.15) is 0 Å². The highest BCUT2D eigenvalue weighted by Gasteiger charge is 1.95. The van der Waals surface area contributed by atoms with Crippen molar-refractivity contribution in [2.75, 3.05) is 0 Å². The molecule has 0 spiro atoms. The number of hydrogen-bond acceptors (Lipinski definition) is 4. The number of hydrogen-bond donors (Lipinski definition) is 4. The van der Waals surface area contributed by atoms with Crippen LogP contribution in [0, 0.1) is 0 Å². The maximum absolute atomic E-state index is 8.34. The number of aliphatic imine (C=N–C) groups is 1. The molecular weight excluding hydrogens is 184 g/mol. The van der Waals surface area contributed by atoms with Gasteiger partial charge in [0.05, 0.1) is 6.54 Å². The second-order valence-electron chi connectivity index (χ2n) is 2.59. The SMILES string of the molecule is NC(=NCc1ccccc1)NN(O)O. The van der Waals surface area contributed by atoms with E-state index in [1.54, 1.807) is 0 Å². The van der Waals surface area contributed by atoms with E-state index in [4.69, 9.17) is 16.1 Å². The summed E-state index contributed by atoms with van der Waals surface area (Å²) in [7, 11) is 0. The molecule has 0 aromatic heterocycles. The van der Waals surface area contributed by atoms with E-state index in [0.717, 1.165) is 5.56 Å². The molecule has 0 aliphatic rings. The summed E-state index contributed by atoms with van der Waals surface area (Å²) in [6.07, 6.45) is 0. The average molecular weight is 196 g/mol. The summed E-state index contributed by atoms with van der Waals surface area (Å²) in [5, 5.41) is 16.4. The van der Waals surface area contributed by atoms with Crippen LogP contribution in [0.3, 0.4) is 0 Å². The van der Waals surface area contributed by atoms with E-state index in [0.29, 0.717) is 6.54 Å². The predicted octanol–water partition coefficient (Wildman–Crippen LogP) is 0.0863. The van der Waals surface area contributed by atoms with Crippen LogP contribution in [0.5, 0.6) is 0 Å². The summed E-state index contributed by atoms with van der Waals surface area (Å²) >= 11 is 0. The van der Waals surface area contributed by atoms with Gasteiger partial charge in [0.1, 0.15) is 0 Å². The molecule has 76 valence electrons. The van der Waals surface area contributed by atoms with E-state index >= 15 is 0 Å². The van der Waals surface area contributed by atoms with E-state index in [2.05, 4.69) is 4.99 Å². The first-order chi connectivity index (χ1) is 6.68. The number of hydrazine groups is 1. The maximum Gasteiger partial charge on any atom is 0.207 e. The molecule has 0 saturated carbocycles. The van der Waals surface area contributed by atoms with Gasteiger partial charge in [-0.3, -0.25) is 10.4 Å². The van der Waals surface area contributed by atoms with Crippen LogP contribution < -0.4 is 11.2 Å². The first kappa shape index (κ1) is 10.5. The number of nitrogens with two attached hydrogens (primary N) is 1. The minimum absolute atomic E-state index is 0.0705. The highest BCUT2D eigenvalue weighted by atomic mass is 16.8. The van der Waals surface area contributed by atoms with Crippen LogP contribution in [-0.2, 0) is 6.54 Å². The summed E-state index contributed by atoms with van der Waals surface area (Å²) in [5.74, 6) is -0.0705. The molecule has 14 heavy (non-hydrogen) atoms. The average Bonchev–Trinajstić information content (AvgIpc) is 2.15. The minimum Gasteiger partial charge on any atom is -0.369 e. The smallest absolute Gasteiger partial charge is 0.207 e. The fourth-order valence-electron chi connectivity index (χ4n) is 0.898. The van der Waals surface area contributed by atoms with Crippen molar-refractivity contribution in [3.8, 4) is 0 Å². The summed E-state index contributed by atoms with van der Waals surface area (Å²) in [6, 6.07) is 9.47. The first-order valence-electron chi connectivity index (χ1n) is 3.97. The maximum atomic E-state index is 8.34. The van der Waals surface area contributed by atoms with Gasteiger partial charge in [-0.05, 0) is 5.56 Å². The van der Waals surface area contributed by atoms with Crippen molar-refractivity contribution in [3.63, 3.8) is 0 Å². The Labute approximate surface area is 81.2 Å². The molecule has 0 heterocycles. The number of rotatable bonds is 3. The zero-order valence-electron chi connectivity index (χ0n) is 7.46. The molecule has 6 nitrogen and oxygen atoms in total. The first-order valence-corrected chi connectivity index (χ1v) is 3.97. The molecule has 0 atom stereocenters. The number of guanidine groups is 1. The Kier molecular flexibility index (Phi) is 3.86. The van der Waals surface area contributed by atoms with Crippen LogP contribution in [0.2, 0.25) is 0 Å². The van der Waals surface area contributed by atoms with Crippen LogP contribution in [0.15, 0.2) is 35.3 Å². The third-order valence-electron chi connectivity index (χ3n) is 1.49. The van der Waals surface area contributed by atoms with Gasteiger partial charge in [-0.1, -0.05) is 30.3 Å². The Morgan fingerprint density at radius 3 is 2.57 bits per heavy atom. The van der Waals surface area contributed by atoms with Crippen molar-refractivity contribution < 1.29 is 10.4 Å². The molecule has 0 aliphatic carbocycles. The van der Waals surface area contributed by atoms with Gasteiger partial charge >= 0.3 is 0 Å². The molecule has 6 heteroatoms. The molecule has 5 N–H and O–H groups in total. The van der Waals surface area contributed by atoms with Gasteiger partial charge in [-0.25, -0.2) is 10.4 Å². The van der Waals surface area contributed by atoms with Gasteiger partial charge in [0.2, 0.25) is 5.96 Å². The molecule has 0 unspecified atom stereocenters. The Bertz CT molecular complexity index is 299. The predicted molar refractivity (Wildman–Crippen MR) is 50.3 cm³/mol. The van der Waals surface area contributed by atoms with Crippen LogP contribution in [0.25, 0.3) is 0 Å². The van der Waals surface area contributed by atoms with Crippen molar-refractivity contribution in [1.82, 2.24) is 10.8 Å².